The number of rotatable bonds is 6. The Labute approximate surface area is 98.7 Å². The zero-order valence-corrected chi connectivity index (χ0v) is 10.5. The Bertz CT molecular complexity index is 289. The van der Waals surface area contributed by atoms with Crippen LogP contribution in [0, 0.1) is 0 Å². The van der Waals surface area contributed by atoms with E-state index in [4.69, 9.17) is 0 Å². The maximum absolute atomic E-state index is 9.54. The zero-order valence-electron chi connectivity index (χ0n) is 10.5. The van der Waals surface area contributed by atoms with E-state index in [1.807, 2.05) is 19.9 Å². The van der Waals surface area contributed by atoms with Gasteiger partial charge in [-0.3, -0.25) is 0 Å². The maximum atomic E-state index is 9.54. The number of hydrogen-bond acceptors (Lipinski definition) is 2. The fourth-order valence-electron chi connectivity index (χ4n) is 1.66. The summed E-state index contributed by atoms with van der Waals surface area (Å²) in [7, 11) is 0. The van der Waals surface area contributed by atoms with Crippen LogP contribution in [0.5, 0.6) is 0 Å². The van der Waals surface area contributed by atoms with Gasteiger partial charge in [-0.15, -0.1) is 0 Å². The Morgan fingerprint density at radius 3 is 2.44 bits per heavy atom. The Morgan fingerprint density at radius 2 is 1.88 bits per heavy atom. The molecule has 0 amide bonds. The molecule has 0 aliphatic carbocycles. The van der Waals surface area contributed by atoms with Crippen molar-refractivity contribution in [3.05, 3.63) is 35.9 Å². The molecule has 0 aromatic heterocycles. The van der Waals surface area contributed by atoms with Gasteiger partial charge in [0.05, 0.1) is 5.60 Å². The van der Waals surface area contributed by atoms with Gasteiger partial charge in [-0.05, 0) is 38.3 Å². The van der Waals surface area contributed by atoms with Crippen molar-refractivity contribution in [2.75, 3.05) is 13.1 Å². The predicted octanol–water partition coefficient (Wildman–Crippen LogP) is 2.54. The monoisotopic (exact) mass is 221 g/mol. The highest BCUT2D eigenvalue weighted by atomic mass is 16.3. The zero-order chi connectivity index (χ0) is 12.0. The van der Waals surface area contributed by atoms with Crippen LogP contribution in [-0.4, -0.2) is 23.8 Å². The first-order valence-corrected chi connectivity index (χ1v) is 5.97. The van der Waals surface area contributed by atoms with Crippen molar-refractivity contribution in [3.63, 3.8) is 0 Å². The van der Waals surface area contributed by atoms with Crippen LogP contribution >= 0.6 is 0 Å². The summed E-state index contributed by atoms with van der Waals surface area (Å²) in [5.41, 5.74) is 0.767. The van der Waals surface area contributed by atoms with Crippen molar-refractivity contribution in [2.45, 2.75) is 38.7 Å². The van der Waals surface area contributed by atoms with Crippen molar-refractivity contribution in [1.82, 2.24) is 5.32 Å². The van der Waals surface area contributed by atoms with E-state index in [1.165, 1.54) is 5.56 Å². The molecule has 0 heterocycles. The van der Waals surface area contributed by atoms with Crippen LogP contribution in [0.15, 0.2) is 30.3 Å². The summed E-state index contributed by atoms with van der Waals surface area (Å²) < 4.78 is 0. The van der Waals surface area contributed by atoms with Gasteiger partial charge in [-0.1, -0.05) is 37.3 Å². The molecule has 2 N–H and O–H groups in total. The number of benzene rings is 1. The van der Waals surface area contributed by atoms with E-state index >= 15 is 0 Å². The van der Waals surface area contributed by atoms with Crippen LogP contribution in [0.3, 0.4) is 0 Å². The molecule has 0 radical (unpaired) electrons. The summed E-state index contributed by atoms with van der Waals surface area (Å²) in [5, 5.41) is 12.8. The van der Waals surface area contributed by atoms with Crippen LogP contribution < -0.4 is 5.32 Å². The van der Waals surface area contributed by atoms with Gasteiger partial charge >= 0.3 is 0 Å². The van der Waals surface area contributed by atoms with Crippen molar-refractivity contribution in [3.8, 4) is 0 Å². The molecular weight excluding hydrogens is 198 g/mol. The summed E-state index contributed by atoms with van der Waals surface area (Å²) in [5.74, 6) is 0.565. The highest BCUT2D eigenvalue weighted by Crippen LogP contribution is 2.17. The lowest BCUT2D eigenvalue weighted by Crippen LogP contribution is -2.35. The third-order valence-corrected chi connectivity index (χ3v) is 2.68. The average molecular weight is 221 g/mol. The molecule has 0 saturated carbocycles. The highest BCUT2D eigenvalue weighted by molar-refractivity contribution is 5.18. The van der Waals surface area contributed by atoms with E-state index in [1.54, 1.807) is 0 Å². The molecule has 0 bridgehead atoms. The van der Waals surface area contributed by atoms with Gasteiger partial charge in [-0.2, -0.15) is 0 Å². The lowest BCUT2D eigenvalue weighted by Gasteiger charge is -2.19. The molecule has 2 heteroatoms. The van der Waals surface area contributed by atoms with Gasteiger partial charge in [0, 0.05) is 6.54 Å². The summed E-state index contributed by atoms with van der Waals surface area (Å²) in [6.45, 7) is 7.47. The Kier molecular flexibility index (Phi) is 4.97. The molecule has 90 valence electrons. The van der Waals surface area contributed by atoms with Crippen molar-refractivity contribution in [2.24, 2.45) is 0 Å². The van der Waals surface area contributed by atoms with Crippen LogP contribution in [0.4, 0.5) is 0 Å². The summed E-state index contributed by atoms with van der Waals surface area (Å²) in [6, 6.07) is 10.5. The molecule has 1 aromatic carbocycles. The third kappa shape index (κ3) is 5.29. The molecule has 1 aromatic rings. The summed E-state index contributed by atoms with van der Waals surface area (Å²) in [6.07, 6.45) is 1.10. The Hall–Kier alpha value is -0.860. The van der Waals surface area contributed by atoms with Crippen molar-refractivity contribution >= 4 is 0 Å². The fourth-order valence-corrected chi connectivity index (χ4v) is 1.66. The molecule has 0 fully saturated rings. The molecule has 0 spiro atoms. The first-order chi connectivity index (χ1) is 7.49. The highest BCUT2D eigenvalue weighted by Gasteiger charge is 2.11. The lowest BCUT2D eigenvalue weighted by atomic mass is 9.98. The minimum atomic E-state index is -0.615. The molecule has 2 nitrogen and oxygen atoms in total. The van der Waals surface area contributed by atoms with Gasteiger partial charge in [0.15, 0.2) is 0 Å². The minimum Gasteiger partial charge on any atom is -0.389 e. The first-order valence-electron chi connectivity index (χ1n) is 5.97. The van der Waals surface area contributed by atoms with Crippen molar-refractivity contribution < 1.29 is 5.11 Å². The van der Waals surface area contributed by atoms with E-state index in [0.717, 1.165) is 13.0 Å². The predicted molar refractivity (Wildman–Crippen MR) is 68.6 cm³/mol. The quantitative estimate of drug-likeness (QED) is 0.724. The number of hydrogen-bond donors (Lipinski definition) is 2. The SMILES string of the molecule is CC(CCNCC(C)(C)O)c1ccccc1. The molecule has 0 saturated heterocycles. The first kappa shape index (κ1) is 13.2. The van der Waals surface area contributed by atoms with Crippen LogP contribution in [-0.2, 0) is 0 Å². The van der Waals surface area contributed by atoms with Gasteiger partial charge in [0.1, 0.15) is 0 Å². The van der Waals surface area contributed by atoms with Gasteiger partial charge in [0.25, 0.3) is 0 Å². The standard InChI is InChI=1S/C14H23NO/c1-12(13-7-5-4-6-8-13)9-10-15-11-14(2,3)16/h4-8,12,15-16H,9-11H2,1-3H3. The summed E-state index contributed by atoms with van der Waals surface area (Å²) in [4.78, 5) is 0. The third-order valence-electron chi connectivity index (χ3n) is 2.68. The molecule has 1 atom stereocenters. The van der Waals surface area contributed by atoms with E-state index in [9.17, 15) is 5.11 Å². The average Bonchev–Trinajstić information content (AvgIpc) is 2.24. The van der Waals surface area contributed by atoms with E-state index in [-0.39, 0.29) is 0 Å². The molecule has 1 rings (SSSR count). The molecule has 0 aliphatic heterocycles. The molecular formula is C14H23NO. The second-order valence-electron chi connectivity index (χ2n) is 5.09. The van der Waals surface area contributed by atoms with E-state index < -0.39 is 5.60 Å². The van der Waals surface area contributed by atoms with Crippen LogP contribution in [0.2, 0.25) is 0 Å². The van der Waals surface area contributed by atoms with Gasteiger partial charge in [0.2, 0.25) is 0 Å². The smallest absolute Gasteiger partial charge is 0.0715 e. The van der Waals surface area contributed by atoms with Crippen molar-refractivity contribution in [1.29, 1.82) is 0 Å². The van der Waals surface area contributed by atoms with E-state index in [2.05, 4.69) is 36.5 Å². The van der Waals surface area contributed by atoms with Gasteiger partial charge < -0.3 is 10.4 Å². The second kappa shape index (κ2) is 6.02. The van der Waals surface area contributed by atoms with Crippen LogP contribution in [0.1, 0.15) is 38.7 Å². The normalized spacial score (nSPS) is 13.8. The largest absolute Gasteiger partial charge is 0.389 e. The minimum absolute atomic E-state index is 0.565. The number of aliphatic hydroxyl groups is 1. The van der Waals surface area contributed by atoms with Crippen LogP contribution in [0.25, 0.3) is 0 Å². The van der Waals surface area contributed by atoms with Gasteiger partial charge in [-0.25, -0.2) is 0 Å². The summed E-state index contributed by atoms with van der Waals surface area (Å²) >= 11 is 0. The second-order valence-corrected chi connectivity index (χ2v) is 5.09. The van der Waals surface area contributed by atoms with E-state index in [0.29, 0.717) is 12.5 Å². The Morgan fingerprint density at radius 1 is 1.25 bits per heavy atom. The Balaban J connectivity index is 2.24. The number of nitrogens with one attached hydrogen (secondary N) is 1. The maximum Gasteiger partial charge on any atom is 0.0715 e. The molecule has 16 heavy (non-hydrogen) atoms. The lowest BCUT2D eigenvalue weighted by molar-refractivity contribution is 0.0798. The fraction of sp³-hybridized carbons (Fsp3) is 0.571. The molecule has 1 unspecified atom stereocenters. The molecule has 0 aliphatic rings. The topological polar surface area (TPSA) is 32.3 Å².